The van der Waals surface area contributed by atoms with Crippen molar-refractivity contribution in [1.29, 1.82) is 0 Å². The molecule has 1 aliphatic heterocycles. The smallest absolute Gasteiger partial charge is 0.335 e. The van der Waals surface area contributed by atoms with Crippen LogP contribution < -0.4 is 5.32 Å². The molecular weight excluding hydrogens is 200 g/mol. The van der Waals surface area contributed by atoms with Crippen molar-refractivity contribution < 1.29 is 9.90 Å². The lowest BCUT2D eigenvalue weighted by atomic mass is 10.00. The number of thiocarbonyl (C=S) groups is 1. The molecule has 0 bridgehead atoms. The summed E-state index contributed by atoms with van der Waals surface area (Å²) in [5.74, 6) is -0.879. The summed E-state index contributed by atoms with van der Waals surface area (Å²) in [4.78, 5) is 12.8. The van der Waals surface area contributed by atoms with Gasteiger partial charge in [0.25, 0.3) is 0 Å². The normalized spacial score (nSPS) is 22.4. The summed E-state index contributed by atoms with van der Waals surface area (Å²) in [6.07, 6.45) is 0.733. The van der Waals surface area contributed by atoms with E-state index in [2.05, 4.69) is 5.32 Å². The second-order valence-corrected chi connectivity index (χ2v) is 3.70. The third kappa shape index (κ3) is 1.72. The Morgan fingerprint density at radius 1 is 1.71 bits per heavy atom. The fourth-order valence-electron chi connectivity index (χ4n) is 1.68. The molecule has 0 aromatic rings. The van der Waals surface area contributed by atoms with Crippen molar-refractivity contribution in [2.24, 2.45) is 0 Å². The number of nitrogens with zero attached hydrogens (tertiary/aromatic N) is 1. The van der Waals surface area contributed by atoms with Gasteiger partial charge < -0.3 is 15.3 Å². The lowest BCUT2D eigenvalue weighted by Crippen LogP contribution is -2.50. The molecule has 5 heteroatoms. The molecule has 0 aromatic carbocycles. The van der Waals surface area contributed by atoms with Crippen LogP contribution in [0.5, 0.6) is 0 Å². The van der Waals surface area contributed by atoms with Crippen molar-refractivity contribution in [3.8, 4) is 0 Å². The number of rotatable bonds is 2. The number of hydrogen-bond donors (Lipinski definition) is 2. The Balaban J connectivity index is 3.13. The first-order valence-corrected chi connectivity index (χ1v) is 4.87. The van der Waals surface area contributed by atoms with Gasteiger partial charge in [-0.2, -0.15) is 0 Å². The SMILES string of the molecule is CCC1C(C(=O)O)=C(C)NC(=S)N1C. The summed E-state index contributed by atoms with van der Waals surface area (Å²) in [6.45, 7) is 3.69. The maximum absolute atomic E-state index is 11.0. The van der Waals surface area contributed by atoms with Crippen LogP contribution in [0.15, 0.2) is 11.3 Å². The molecule has 14 heavy (non-hydrogen) atoms. The topological polar surface area (TPSA) is 52.6 Å². The van der Waals surface area contributed by atoms with Gasteiger partial charge in [0.05, 0.1) is 11.6 Å². The first-order valence-electron chi connectivity index (χ1n) is 4.46. The lowest BCUT2D eigenvalue weighted by molar-refractivity contribution is -0.133. The number of nitrogens with one attached hydrogen (secondary N) is 1. The van der Waals surface area contributed by atoms with E-state index in [1.165, 1.54) is 0 Å². The minimum absolute atomic E-state index is 0.124. The standard InChI is InChI=1S/C9H14N2O2S/c1-4-6-7(8(12)13)5(2)10-9(14)11(6)3/h6H,4H2,1-3H3,(H,10,14)(H,12,13). The molecule has 1 unspecified atom stereocenters. The molecular formula is C9H14N2O2S. The van der Waals surface area contributed by atoms with Crippen molar-refractivity contribution in [2.45, 2.75) is 26.3 Å². The highest BCUT2D eigenvalue weighted by Gasteiger charge is 2.30. The minimum Gasteiger partial charge on any atom is -0.478 e. The maximum atomic E-state index is 11.0. The predicted octanol–water partition coefficient (Wildman–Crippen LogP) is 0.944. The summed E-state index contributed by atoms with van der Waals surface area (Å²) < 4.78 is 0. The average molecular weight is 214 g/mol. The molecule has 0 aromatic heterocycles. The summed E-state index contributed by atoms with van der Waals surface area (Å²) in [7, 11) is 1.80. The third-order valence-corrected chi connectivity index (χ3v) is 2.83. The number of carbonyl (C=O) groups is 1. The quantitative estimate of drug-likeness (QED) is 0.670. The molecule has 0 saturated heterocycles. The number of allylic oxidation sites excluding steroid dienone is 1. The molecule has 0 fully saturated rings. The number of aliphatic carboxylic acids is 1. The summed E-state index contributed by atoms with van der Waals surface area (Å²) in [6, 6.07) is -0.124. The van der Waals surface area contributed by atoms with Gasteiger partial charge in [0, 0.05) is 12.7 Å². The van der Waals surface area contributed by atoms with Gasteiger partial charge >= 0.3 is 5.97 Å². The van der Waals surface area contributed by atoms with Gasteiger partial charge in [-0.3, -0.25) is 0 Å². The number of hydrogen-bond acceptors (Lipinski definition) is 2. The Labute approximate surface area is 88.6 Å². The van der Waals surface area contributed by atoms with Crippen LogP contribution >= 0.6 is 12.2 Å². The van der Waals surface area contributed by atoms with E-state index in [9.17, 15) is 4.79 Å². The Bertz CT molecular complexity index is 312. The van der Waals surface area contributed by atoms with Crippen molar-refractivity contribution in [3.05, 3.63) is 11.3 Å². The van der Waals surface area contributed by atoms with Crippen LogP contribution in [-0.4, -0.2) is 34.2 Å². The fourth-order valence-corrected chi connectivity index (χ4v) is 1.96. The van der Waals surface area contributed by atoms with Crippen LogP contribution in [-0.2, 0) is 4.79 Å². The summed E-state index contributed by atoms with van der Waals surface area (Å²) in [5, 5.41) is 12.5. The van der Waals surface area contributed by atoms with Gasteiger partial charge in [-0.15, -0.1) is 0 Å². The maximum Gasteiger partial charge on any atom is 0.335 e. The van der Waals surface area contributed by atoms with E-state index in [0.29, 0.717) is 16.4 Å². The van der Waals surface area contributed by atoms with Gasteiger partial charge in [-0.1, -0.05) is 6.92 Å². The highest BCUT2D eigenvalue weighted by Crippen LogP contribution is 2.20. The molecule has 1 rings (SSSR count). The largest absolute Gasteiger partial charge is 0.478 e. The van der Waals surface area contributed by atoms with E-state index in [1.807, 2.05) is 6.92 Å². The van der Waals surface area contributed by atoms with Gasteiger partial charge in [0.15, 0.2) is 5.11 Å². The van der Waals surface area contributed by atoms with Crippen molar-refractivity contribution in [3.63, 3.8) is 0 Å². The van der Waals surface area contributed by atoms with E-state index in [4.69, 9.17) is 17.3 Å². The monoisotopic (exact) mass is 214 g/mol. The molecule has 1 atom stereocenters. The molecule has 0 radical (unpaired) electrons. The van der Waals surface area contributed by atoms with E-state index in [0.717, 1.165) is 6.42 Å². The molecule has 2 N–H and O–H groups in total. The highest BCUT2D eigenvalue weighted by molar-refractivity contribution is 7.80. The molecule has 1 aliphatic rings. The zero-order chi connectivity index (χ0) is 10.9. The number of likely N-dealkylation sites (N-methyl/N-ethyl adjacent to an activating group) is 1. The van der Waals surface area contributed by atoms with E-state index >= 15 is 0 Å². The van der Waals surface area contributed by atoms with Crippen LogP contribution in [0, 0.1) is 0 Å². The Kier molecular flexibility index (Phi) is 3.10. The van der Waals surface area contributed by atoms with Crippen LogP contribution in [0.1, 0.15) is 20.3 Å². The van der Waals surface area contributed by atoms with E-state index < -0.39 is 5.97 Å². The molecule has 4 nitrogen and oxygen atoms in total. The Morgan fingerprint density at radius 3 is 2.71 bits per heavy atom. The molecule has 78 valence electrons. The van der Waals surface area contributed by atoms with Gasteiger partial charge in [-0.25, -0.2) is 4.79 Å². The molecule has 0 saturated carbocycles. The Morgan fingerprint density at radius 2 is 2.29 bits per heavy atom. The molecule has 0 spiro atoms. The second kappa shape index (κ2) is 3.96. The molecule has 1 heterocycles. The van der Waals surface area contributed by atoms with E-state index in [1.54, 1.807) is 18.9 Å². The lowest BCUT2D eigenvalue weighted by Gasteiger charge is -2.35. The van der Waals surface area contributed by atoms with Crippen molar-refractivity contribution in [1.82, 2.24) is 10.2 Å². The zero-order valence-corrected chi connectivity index (χ0v) is 9.31. The second-order valence-electron chi connectivity index (χ2n) is 3.31. The van der Waals surface area contributed by atoms with Crippen LogP contribution in [0.3, 0.4) is 0 Å². The number of carboxylic acids is 1. The van der Waals surface area contributed by atoms with Crippen LogP contribution in [0.4, 0.5) is 0 Å². The third-order valence-electron chi connectivity index (χ3n) is 2.44. The van der Waals surface area contributed by atoms with E-state index in [-0.39, 0.29) is 6.04 Å². The fraction of sp³-hybridized carbons (Fsp3) is 0.556. The minimum atomic E-state index is -0.879. The van der Waals surface area contributed by atoms with Crippen molar-refractivity contribution in [2.75, 3.05) is 7.05 Å². The van der Waals surface area contributed by atoms with Crippen LogP contribution in [0.2, 0.25) is 0 Å². The van der Waals surface area contributed by atoms with Gasteiger partial charge in [0.1, 0.15) is 0 Å². The zero-order valence-electron chi connectivity index (χ0n) is 8.50. The Hall–Kier alpha value is -1.10. The summed E-state index contributed by atoms with van der Waals surface area (Å²) >= 11 is 5.08. The summed E-state index contributed by atoms with van der Waals surface area (Å²) in [5.41, 5.74) is 1.05. The first kappa shape index (κ1) is 11.0. The van der Waals surface area contributed by atoms with Gasteiger partial charge in [0.2, 0.25) is 0 Å². The highest BCUT2D eigenvalue weighted by atomic mass is 32.1. The van der Waals surface area contributed by atoms with Gasteiger partial charge in [-0.05, 0) is 25.6 Å². The molecule has 0 amide bonds. The number of carboxylic acid groups (broad SMARTS) is 1. The molecule has 0 aliphatic carbocycles. The van der Waals surface area contributed by atoms with Crippen LogP contribution in [0.25, 0.3) is 0 Å². The van der Waals surface area contributed by atoms with Crippen molar-refractivity contribution >= 4 is 23.3 Å². The predicted molar refractivity (Wildman–Crippen MR) is 57.9 cm³/mol. The average Bonchev–Trinajstić information content (AvgIpc) is 2.09. The first-order chi connectivity index (χ1) is 6.49.